The molecule has 0 aromatic heterocycles. The molecule has 100 valence electrons. The van der Waals surface area contributed by atoms with Crippen LogP contribution in [0.2, 0.25) is 0 Å². The minimum atomic E-state index is -0.553. The molecule has 18 heavy (non-hydrogen) atoms. The molecule has 0 heterocycles. The first kappa shape index (κ1) is 11.3. The normalized spacial score (nSPS) is 49.1. The van der Waals surface area contributed by atoms with Crippen LogP contribution in [-0.2, 0) is 4.79 Å². The van der Waals surface area contributed by atoms with E-state index < -0.39 is 5.97 Å². The molecule has 2 nitrogen and oxygen atoms in total. The molecule has 0 spiro atoms. The van der Waals surface area contributed by atoms with Crippen molar-refractivity contribution in [3.8, 4) is 0 Å². The summed E-state index contributed by atoms with van der Waals surface area (Å²) >= 11 is 0. The summed E-state index contributed by atoms with van der Waals surface area (Å²) in [4.78, 5) is 11.5. The van der Waals surface area contributed by atoms with Crippen molar-refractivity contribution in [2.24, 2.45) is 34.5 Å². The lowest BCUT2D eigenvalue weighted by Crippen LogP contribution is -2.52. The van der Waals surface area contributed by atoms with Crippen molar-refractivity contribution in [2.75, 3.05) is 0 Å². The lowest BCUT2D eigenvalue weighted by molar-refractivity contribution is -0.155. The average molecular weight is 248 g/mol. The van der Waals surface area contributed by atoms with E-state index in [1.54, 1.807) is 0 Å². The molecular formula is C16H24O2. The third-order valence-corrected chi connectivity index (χ3v) is 7.08. The standard InChI is InChI=1S/C16H24O2/c1-10(14(17)18)16(2-3-16)15-7-11-4-12(8-15)6-13(5-11)9-15/h10-13H,2-9H2,1H3,(H,17,18). The van der Waals surface area contributed by atoms with Crippen molar-refractivity contribution in [1.29, 1.82) is 0 Å². The van der Waals surface area contributed by atoms with Crippen molar-refractivity contribution in [3.05, 3.63) is 0 Å². The van der Waals surface area contributed by atoms with Gasteiger partial charge in [0.15, 0.2) is 0 Å². The zero-order chi connectivity index (χ0) is 12.5. The first-order valence-corrected chi connectivity index (χ1v) is 7.77. The van der Waals surface area contributed by atoms with E-state index in [9.17, 15) is 9.90 Å². The molecule has 0 amide bonds. The summed E-state index contributed by atoms with van der Waals surface area (Å²) in [6.07, 6.45) is 10.8. The van der Waals surface area contributed by atoms with Gasteiger partial charge in [-0.2, -0.15) is 0 Å². The van der Waals surface area contributed by atoms with Gasteiger partial charge in [-0.1, -0.05) is 6.92 Å². The number of hydrogen-bond acceptors (Lipinski definition) is 1. The summed E-state index contributed by atoms with van der Waals surface area (Å²) in [6, 6.07) is 0. The molecule has 5 saturated carbocycles. The fourth-order valence-corrected chi connectivity index (χ4v) is 6.51. The van der Waals surface area contributed by atoms with Gasteiger partial charge in [-0.3, -0.25) is 4.79 Å². The summed E-state index contributed by atoms with van der Waals surface area (Å²) in [5.74, 6) is 2.15. The van der Waals surface area contributed by atoms with E-state index in [1.807, 2.05) is 6.92 Å². The molecule has 1 unspecified atom stereocenters. The third kappa shape index (κ3) is 1.27. The summed E-state index contributed by atoms with van der Waals surface area (Å²) in [5, 5.41) is 9.46. The smallest absolute Gasteiger partial charge is 0.306 e. The maximum absolute atomic E-state index is 11.5. The second-order valence-electron chi connectivity index (χ2n) is 7.91. The fraction of sp³-hybridized carbons (Fsp3) is 0.938. The molecule has 5 rings (SSSR count). The molecule has 0 aliphatic heterocycles. The van der Waals surface area contributed by atoms with Gasteiger partial charge in [0.2, 0.25) is 0 Å². The third-order valence-electron chi connectivity index (χ3n) is 7.08. The van der Waals surface area contributed by atoms with Crippen molar-refractivity contribution in [1.82, 2.24) is 0 Å². The highest BCUT2D eigenvalue weighted by Gasteiger charge is 2.67. The number of aliphatic carboxylic acids is 1. The van der Waals surface area contributed by atoms with Crippen LogP contribution in [0.25, 0.3) is 0 Å². The average Bonchev–Trinajstić information content (AvgIpc) is 3.07. The number of carbonyl (C=O) groups is 1. The van der Waals surface area contributed by atoms with Gasteiger partial charge in [-0.25, -0.2) is 0 Å². The Hall–Kier alpha value is -0.530. The van der Waals surface area contributed by atoms with E-state index in [1.165, 1.54) is 51.4 Å². The predicted molar refractivity (Wildman–Crippen MR) is 69.1 cm³/mol. The Morgan fingerprint density at radius 1 is 1.06 bits per heavy atom. The Morgan fingerprint density at radius 3 is 1.83 bits per heavy atom. The summed E-state index contributed by atoms with van der Waals surface area (Å²) in [6.45, 7) is 1.98. The van der Waals surface area contributed by atoms with Crippen LogP contribution in [0.3, 0.4) is 0 Å². The quantitative estimate of drug-likeness (QED) is 0.826. The zero-order valence-corrected chi connectivity index (χ0v) is 11.3. The van der Waals surface area contributed by atoms with Crippen LogP contribution in [0.4, 0.5) is 0 Å². The van der Waals surface area contributed by atoms with Crippen molar-refractivity contribution in [2.45, 2.75) is 58.3 Å². The van der Waals surface area contributed by atoms with Crippen LogP contribution in [0.1, 0.15) is 58.3 Å². The van der Waals surface area contributed by atoms with Crippen LogP contribution in [0, 0.1) is 34.5 Å². The topological polar surface area (TPSA) is 37.3 Å². The number of carboxylic acids is 1. The first-order chi connectivity index (χ1) is 8.55. The molecule has 5 aliphatic rings. The Morgan fingerprint density at radius 2 is 1.50 bits per heavy atom. The van der Waals surface area contributed by atoms with Crippen molar-refractivity contribution in [3.63, 3.8) is 0 Å². The Balaban J connectivity index is 1.70. The maximum atomic E-state index is 11.5. The molecule has 0 aromatic rings. The monoisotopic (exact) mass is 248 g/mol. The lowest BCUT2D eigenvalue weighted by Gasteiger charge is -2.61. The number of carboxylic acid groups (broad SMARTS) is 1. The van der Waals surface area contributed by atoms with Gasteiger partial charge >= 0.3 is 5.97 Å². The molecule has 2 heteroatoms. The molecule has 0 aromatic carbocycles. The van der Waals surface area contributed by atoms with Crippen LogP contribution in [-0.4, -0.2) is 11.1 Å². The van der Waals surface area contributed by atoms with Crippen molar-refractivity contribution >= 4 is 5.97 Å². The highest BCUT2D eigenvalue weighted by molar-refractivity contribution is 5.71. The highest BCUT2D eigenvalue weighted by Crippen LogP contribution is 2.75. The van der Waals surface area contributed by atoms with E-state index in [-0.39, 0.29) is 11.3 Å². The Kier molecular flexibility index (Phi) is 2.08. The lowest BCUT2D eigenvalue weighted by atomic mass is 9.44. The summed E-state index contributed by atoms with van der Waals surface area (Å²) < 4.78 is 0. The van der Waals surface area contributed by atoms with Gasteiger partial charge in [0.1, 0.15) is 0 Å². The van der Waals surface area contributed by atoms with Gasteiger partial charge in [0, 0.05) is 0 Å². The molecule has 0 saturated heterocycles. The largest absolute Gasteiger partial charge is 0.481 e. The number of rotatable bonds is 3. The molecule has 4 bridgehead atoms. The molecule has 5 fully saturated rings. The van der Waals surface area contributed by atoms with Crippen LogP contribution < -0.4 is 0 Å². The minimum Gasteiger partial charge on any atom is -0.481 e. The van der Waals surface area contributed by atoms with Crippen molar-refractivity contribution < 1.29 is 9.90 Å². The molecule has 1 N–H and O–H groups in total. The van der Waals surface area contributed by atoms with E-state index in [4.69, 9.17) is 0 Å². The highest BCUT2D eigenvalue weighted by atomic mass is 16.4. The fourth-order valence-electron chi connectivity index (χ4n) is 6.51. The number of hydrogen-bond donors (Lipinski definition) is 1. The van der Waals surface area contributed by atoms with Gasteiger partial charge in [-0.05, 0) is 80.0 Å². The van der Waals surface area contributed by atoms with E-state index in [2.05, 4.69) is 0 Å². The van der Waals surface area contributed by atoms with Gasteiger partial charge in [0.05, 0.1) is 5.92 Å². The van der Waals surface area contributed by atoms with Crippen LogP contribution in [0.5, 0.6) is 0 Å². The van der Waals surface area contributed by atoms with Gasteiger partial charge in [0.25, 0.3) is 0 Å². The molecule has 1 atom stereocenters. The van der Waals surface area contributed by atoms with E-state index in [0.717, 1.165) is 17.8 Å². The van der Waals surface area contributed by atoms with Gasteiger partial charge in [-0.15, -0.1) is 0 Å². The maximum Gasteiger partial charge on any atom is 0.306 e. The van der Waals surface area contributed by atoms with Gasteiger partial charge < -0.3 is 5.11 Å². The second kappa shape index (κ2) is 3.32. The molecule has 0 radical (unpaired) electrons. The minimum absolute atomic E-state index is 0.117. The van der Waals surface area contributed by atoms with Crippen LogP contribution >= 0.6 is 0 Å². The summed E-state index contributed by atoms with van der Waals surface area (Å²) in [5.41, 5.74) is 0.619. The van der Waals surface area contributed by atoms with Crippen LogP contribution in [0.15, 0.2) is 0 Å². The Labute approximate surface area is 109 Å². The zero-order valence-electron chi connectivity index (χ0n) is 11.3. The summed E-state index contributed by atoms with van der Waals surface area (Å²) in [7, 11) is 0. The second-order valence-corrected chi connectivity index (χ2v) is 7.91. The SMILES string of the molecule is CC(C(=O)O)C1(C23CC4CC(CC(C4)C2)C3)CC1. The first-order valence-electron chi connectivity index (χ1n) is 7.77. The predicted octanol–water partition coefficient (Wildman–Crippen LogP) is 3.70. The van der Waals surface area contributed by atoms with E-state index in [0.29, 0.717) is 5.41 Å². The van der Waals surface area contributed by atoms with E-state index >= 15 is 0 Å². The Bertz CT molecular complexity index is 359. The molecule has 5 aliphatic carbocycles. The molecular weight excluding hydrogens is 224 g/mol.